The van der Waals surface area contributed by atoms with E-state index < -0.39 is 0 Å². The van der Waals surface area contributed by atoms with E-state index in [1.165, 1.54) is 32.1 Å². The van der Waals surface area contributed by atoms with E-state index in [1.807, 2.05) is 32.0 Å². The monoisotopic (exact) mass is 505 g/mol. The summed E-state index contributed by atoms with van der Waals surface area (Å²) in [6.45, 7) is 5.61. The van der Waals surface area contributed by atoms with E-state index >= 15 is 0 Å². The number of hydrogen-bond donors (Lipinski definition) is 1. The first kappa shape index (κ1) is 23.6. The fourth-order valence-electron chi connectivity index (χ4n) is 5.51. The zero-order chi connectivity index (χ0) is 22.8. The van der Waals surface area contributed by atoms with E-state index in [-0.39, 0.29) is 11.7 Å². The maximum absolute atomic E-state index is 13.4. The molecule has 2 aliphatic rings. The molecule has 2 fully saturated rings. The molecule has 7 heteroatoms. The van der Waals surface area contributed by atoms with Crippen LogP contribution in [0.15, 0.2) is 10.5 Å². The summed E-state index contributed by atoms with van der Waals surface area (Å²) in [6.07, 6.45) is 8.37. The van der Waals surface area contributed by atoms with Gasteiger partial charge in [-0.25, -0.2) is 4.79 Å². The standard InChI is InChI=1S/C25H36BrN3O3/c1-4-32-25(31)23-21(16-28-12-8-9-13-28)29(17-10-6-5-7-11-17)20-14-19(26)24(30)18(22(20)23)15-27(2)3/h14,17,30H,4-13,15-16H2,1-3H3. The van der Waals surface area contributed by atoms with Gasteiger partial charge in [0.25, 0.3) is 0 Å². The summed E-state index contributed by atoms with van der Waals surface area (Å²) in [6, 6.07) is 2.38. The molecule has 6 nitrogen and oxygen atoms in total. The summed E-state index contributed by atoms with van der Waals surface area (Å²) in [4.78, 5) is 17.9. The minimum absolute atomic E-state index is 0.213. The molecule has 1 saturated carbocycles. The van der Waals surface area contributed by atoms with E-state index in [4.69, 9.17) is 4.74 Å². The number of aromatic hydroxyl groups is 1. The molecule has 0 atom stereocenters. The number of halogens is 1. The predicted molar refractivity (Wildman–Crippen MR) is 131 cm³/mol. The Hall–Kier alpha value is -1.57. The van der Waals surface area contributed by atoms with Gasteiger partial charge in [-0.15, -0.1) is 0 Å². The van der Waals surface area contributed by atoms with Gasteiger partial charge >= 0.3 is 5.97 Å². The normalized spacial score (nSPS) is 18.2. The van der Waals surface area contributed by atoms with Crippen LogP contribution in [0.25, 0.3) is 10.9 Å². The number of carbonyl (C=O) groups is 1. The highest BCUT2D eigenvalue weighted by Gasteiger charge is 2.32. The number of carbonyl (C=O) groups excluding carboxylic acids is 1. The topological polar surface area (TPSA) is 57.9 Å². The Balaban J connectivity index is 2.02. The van der Waals surface area contributed by atoms with Gasteiger partial charge in [0.15, 0.2) is 0 Å². The zero-order valence-corrected chi connectivity index (χ0v) is 21.2. The van der Waals surface area contributed by atoms with Crippen LogP contribution in [0.2, 0.25) is 0 Å². The van der Waals surface area contributed by atoms with Gasteiger partial charge in [0.1, 0.15) is 5.75 Å². The van der Waals surface area contributed by atoms with Crippen molar-refractivity contribution in [2.45, 2.75) is 71.0 Å². The van der Waals surface area contributed by atoms with Crippen molar-refractivity contribution in [2.75, 3.05) is 33.8 Å². The number of benzene rings is 1. The molecule has 2 heterocycles. The predicted octanol–water partition coefficient (Wildman–Crippen LogP) is 5.45. The van der Waals surface area contributed by atoms with Crippen molar-refractivity contribution in [3.8, 4) is 5.75 Å². The van der Waals surface area contributed by atoms with Gasteiger partial charge in [-0.3, -0.25) is 4.90 Å². The minimum atomic E-state index is -0.275. The van der Waals surface area contributed by atoms with Gasteiger partial charge in [-0.05, 0) is 81.8 Å². The smallest absolute Gasteiger partial charge is 0.340 e. The zero-order valence-electron chi connectivity index (χ0n) is 19.6. The second kappa shape index (κ2) is 10.1. The van der Waals surface area contributed by atoms with E-state index in [0.29, 0.717) is 29.2 Å². The highest BCUT2D eigenvalue weighted by Crippen LogP contribution is 2.43. The number of aromatic nitrogens is 1. The molecule has 176 valence electrons. The molecule has 0 spiro atoms. The van der Waals surface area contributed by atoms with Crippen molar-refractivity contribution < 1.29 is 14.6 Å². The Kier molecular flexibility index (Phi) is 7.47. The second-order valence-electron chi connectivity index (χ2n) is 9.50. The number of ether oxygens (including phenoxy) is 1. The number of nitrogens with zero attached hydrogens (tertiary/aromatic N) is 3. The molecule has 1 aromatic carbocycles. The number of esters is 1. The van der Waals surface area contributed by atoms with Crippen LogP contribution in [0, 0.1) is 0 Å². The van der Waals surface area contributed by atoms with E-state index in [1.54, 1.807) is 0 Å². The Labute approximate surface area is 199 Å². The number of phenolic OH excluding ortho intramolecular Hbond substituents is 1. The molecule has 2 aromatic rings. The van der Waals surface area contributed by atoms with Crippen LogP contribution >= 0.6 is 15.9 Å². The summed E-state index contributed by atoms with van der Waals surface area (Å²) >= 11 is 3.60. The molecule has 0 unspecified atom stereocenters. The van der Waals surface area contributed by atoms with Gasteiger partial charge in [0, 0.05) is 35.8 Å². The molecule has 1 saturated heterocycles. The first-order chi connectivity index (χ1) is 15.4. The van der Waals surface area contributed by atoms with Crippen molar-refractivity contribution in [2.24, 2.45) is 0 Å². The van der Waals surface area contributed by atoms with E-state index in [2.05, 4.69) is 25.4 Å². The fraction of sp³-hybridized carbons (Fsp3) is 0.640. The number of phenols is 1. The molecule has 1 aromatic heterocycles. The summed E-state index contributed by atoms with van der Waals surface area (Å²) in [5.74, 6) is -0.0618. The molecule has 0 bridgehead atoms. The molecule has 1 aliphatic carbocycles. The van der Waals surface area contributed by atoms with Gasteiger partial charge < -0.3 is 19.3 Å². The average molecular weight is 506 g/mol. The Morgan fingerprint density at radius 2 is 1.88 bits per heavy atom. The highest BCUT2D eigenvalue weighted by atomic mass is 79.9. The van der Waals surface area contributed by atoms with Gasteiger partial charge in [-0.2, -0.15) is 0 Å². The lowest BCUT2D eigenvalue weighted by molar-refractivity contribution is 0.0525. The fourth-order valence-corrected chi connectivity index (χ4v) is 5.97. The first-order valence-electron chi connectivity index (χ1n) is 12.0. The summed E-state index contributed by atoms with van der Waals surface area (Å²) in [5.41, 5.74) is 3.54. The van der Waals surface area contributed by atoms with Crippen molar-refractivity contribution >= 4 is 32.8 Å². The average Bonchev–Trinajstić information content (AvgIpc) is 3.38. The Morgan fingerprint density at radius 3 is 2.50 bits per heavy atom. The van der Waals surface area contributed by atoms with Gasteiger partial charge in [0.05, 0.1) is 22.2 Å². The lowest BCUT2D eigenvalue weighted by atomic mass is 9.95. The summed E-state index contributed by atoms with van der Waals surface area (Å²) in [7, 11) is 3.97. The molecule has 32 heavy (non-hydrogen) atoms. The number of rotatable bonds is 7. The number of fused-ring (bicyclic) bond motifs is 1. The molecular formula is C25H36BrN3O3. The highest BCUT2D eigenvalue weighted by molar-refractivity contribution is 9.10. The Morgan fingerprint density at radius 1 is 1.19 bits per heavy atom. The van der Waals surface area contributed by atoms with Crippen LogP contribution in [0.4, 0.5) is 0 Å². The summed E-state index contributed by atoms with van der Waals surface area (Å²) < 4.78 is 8.71. The van der Waals surface area contributed by atoms with Crippen LogP contribution < -0.4 is 0 Å². The van der Waals surface area contributed by atoms with Crippen LogP contribution in [0.3, 0.4) is 0 Å². The van der Waals surface area contributed by atoms with Crippen molar-refractivity contribution in [1.29, 1.82) is 0 Å². The molecule has 1 aliphatic heterocycles. The quantitative estimate of drug-likeness (QED) is 0.507. The van der Waals surface area contributed by atoms with E-state index in [0.717, 1.165) is 54.6 Å². The third kappa shape index (κ3) is 4.57. The van der Waals surface area contributed by atoms with Crippen LogP contribution in [0.1, 0.15) is 79.5 Å². The van der Waals surface area contributed by atoms with Crippen molar-refractivity contribution in [3.63, 3.8) is 0 Å². The number of hydrogen-bond acceptors (Lipinski definition) is 5. The van der Waals surface area contributed by atoms with Gasteiger partial charge in [-0.1, -0.05) is 19.3 Å². The SMILES string of the molecule is CCOC(=O)c1c(CN2CCCC2)n(C2CCCCC2)c2cc(Br)c(O)c(CN(C)C)c12. The summed E-state index contributed by atoms with van der Waals surface area (Å²) in [5, 5.41) is 11.9. The third-order valence-electron chi connectivity index (χ3n) is 6.89. The number of likely N-dealkylation sites (tertiary alicyclic amines) is 1. The Bertz CT molecular complexity index is 973. The third-order valence-corrected chi connectivity index (χ3v) is 7.49. The van der Waals surface area contributed by atoms with Crippen LogP contribution in [-0.2, 0) is 17.8 Å². The lowest BCUT2D eigenvalue weighted by Gasteiger charge is -2.28. The minimum Gasteiger partial charge on any atom is -0.506 e. The maximum atomic E-state index is 13.4. The molecule has 0 radical (unpaired) electrons. The largest absolute Gasteiger partial charge is 0.506 e. The molecular weight excluding hydrogens is 470 g/mol. The van der Waals surface area contributed by atoms with Crippen LogP contribution in [-0.4, -0.2) is 59.2 Å². The molecule has 4 rings (SSSR count). The van der Waals surface area contributed by atoms with Gasteiger partial charge in [0.2, 0.25) is 0 Å². The van der Waals surface area contributed by atoms with Crippen molar-refractivity contribution in [1.82, 2.24) is 14.4 Å². The maximum Gasteiger partial charge on any atom is 0.340 e. The lowest BCUT2D eigenvalue weighted by Crippen LogP contribution is -2.25. The molecule has 1 N–H and O–H groups in total. The van der Waals surface area contributed by atoms with Crippen molar-refractivity contribution in [3.05, 3.63) is 27.4 Å². The second-order valence-corrected chi connectivity index (χ2v) is 10.4. The van der Waals surface area contributed by atoms with Crippen LogP contribution in [0.5, 0.6) is 5.75 Å². The van der Waals surface area contributed by atoms with E-state index in [9.17, 15) is 9.90 Å². The first-order valence-corrected chi connectivity index (χ1v) is 12.8. The molecule has 0 amide bonds.